The molecule has 5 atom stereocenters. The quantitative estimate of drug-likeness (QED) is 0.0739. The van der Waals surface area contributed by atoms with Gasteiger partial charge in [0.25, 0.3) is 0 Å². The maximum atomic E-state index is 14.2. The van der Waals surface area contributed by atoms with Crippen LogP contribution in [-0.4, -0.2) is 113 Å². The summed E-state index contributed by atoms with van der Waals surface area (Å²) in [6, 6.07) is 6.20. The van der Waals surface area contributed by atoms with Crippen molar-refractivity contribution in [2.24, 2.45) is 11.3 Å². The highest BCUT2D eigenvalue weighted by molar-refractivity contribution is 7.81. The van der Waals surface area contributed by atoms with Gasteiger partial charge in [-0.05, 0) is 37.3 Å². The highest BCUT2D eigenvalue weighted by Gasteiger charge is 2.42. The van der Waals surface area contributed by atoms with Gasteiger partial charge >= 0.3 is 5.97 Å². The molecular weight excluding hydrogens is 701 g/mol. The van der Waals surface area contributed by atoms with Crippen molar-refractivity contribution in [1.82, 2.24) is 31.1 Å². The largest absolute Gasteiger partial charge is 0.481 e. The van der Waals surface area contributed by atoms with Gasteiger partial charge in [0.05, 0.1) is 17.3 Å². The summed E-state index contributed by atoms with van der Waals surface area (Å²) >= 11 is 4.08. The van der Waals surface area contributed by atoms with Crippen LogP contribution in [-0.2, 0) is 39.0 Å². The van der Waals surface area contributed by atoms with Crippen LogP contribution in [0.2, 0.25) is 0 Å². The fourth-order valence-electron chi connectivity index (χ4n) is 6.29. The van der Waals surface area contributed by atoms with Crippen molar-refractivity contribution < 1.29 is 38.7 Å². The Balaban J connectivity index is 2.25. The Morgan fingerprint density at radius 3 is 2.09 bits per heavy atom. The van der Waals surface area contributed by atoms with E-state index in [0.29, 0.717) is 0 Å². The van der Waals surface area contributed by atoms with Gasteiger partial charge in [-0.25, -0.2) is 0 Å². The van der Waals surface area contributed by atoms with Crippen molar-refractivity contribution in [3.05, 3.63) is 47.5 Å². The highest BCUT2D eigenvalue weighted by atomic mass is 32.1. The predicted molar refractivity (Wildman–Crippen MR) is 205 cm³/mol. The number of benzene rings is 1. The zero-order valence-corrected chi connectivity index (χ0v) is 33.5. The zero-order chi connectivity index (χ0) is 40.4. The summed E-state index contributed by atoms with van der Waals surface area (Å²) in [7, 11) is 3.31. The van der Waals surface area contributed by atoms with Crippen molar-refractivity contribution in [2.75, 3.05) is 27.2 Å². The van der Waals surface area contributed by atoms with Gasteiger partial charge in [0.2, 0.25) is 35.4 Å². The number of nitrogens with zero attached hydrogens (tertiary/aromatic N) is 2. The number of aliphatic carboxylic acids is 1. The molecule has 0 aromatic heterocycles. The molecule has 1 aromatic rings. The van der Waals surface area contributed by atoms with Gasteiger partial charge in [-0.3, -0.25) is 38.5 Å². The number of carbonyl (C=O) groups excluding carboxylic acids is 6. The maximum Gasteiger partial charge on any atom is 0.303 e. The first kappa shape index (κ1) is 44.9. The molecule has 53 heavy (non-hydrogen) atoms. The summed E-state index contributed by atoms with van der Waals surface area (Å²) in [5.74, 6) is -4.24. The minimum atomic E-state index is -1.23. The van der Waals surface area contributed by atoms with E-state index in [-0.39, 0.29) is 49.2 Å². The topological polar surface area (TPSA) is 194 Å². The van der Waals surface area contributed by atoms with Gasteiger partial charge in [-0.1, -0.05) is 84.9 Å². The van der Waals surface area contributed by atoms with E-state index in [1.165, 1.54) is 11.8 Å². The van der Waals surface area contributed by atoms with E-state index >= 15 is 0 Å². The molecule has 1 heterocycles. The molecule has 1 fully saturated rings. The Morgan fingerprint density at radius 2 is 1.60 bits per heavy atom. The third-order valence-electron chi connectivity index (χ3n) is 9.57. The number of carboxylic acids is 1. The zero-order valence-electron chi connectivity index (χ0n) is 32.6. The second-order valence-corrected chi connectivity index (χ2v) is 16.1. The molecule has 1 aliphatic rings. The van der Waals surface area contributed by atoms with Crippen molar-refractivity contribution in [1.29, 1.82) is 0 Å². The van der Waals surface area contributed by atoms with Gasteiger partial charge < -0.3 is 31.3 Å². The molecule has 2 rings (SSSR count). The van der Waals surface area contributed by atoms with E-state index in [4.69, 9.17) is 0 Å². The molecular formula is C38H58N6O8S. The molecule has 0 spiro atoms. The Hall–Kier alpha value is -4.24. The average molecular weight is 759 g/mol. The molecule has 1 unspecified atom stereocenters. The summed E-state index contributed by atoms with van der Waals surface area (Å²) in [6.07, 6.45) is 0.952. The number of likely N-dealkylation sites (N-methyl/N-ethyl adjacent to an activating group) is 2. The first-order valence-electron chi connectivity index (χ1n) is 17.8. The molecule has 14 nitrogen and oxygen atoms in total. The average Bonchev–Trinajstić information content (AvgIpc) is 3.32. The maximum absolute atomic E-state index is 14.2. The minimum absolute atomic E-state index is 0.0354. The first-order valence-corrected chi connectivity index (χ1v) is 18.4. The SMILES string of the molecule is CN[C@H](C(=O)N[C@H](C(=O)N(C)[C@H](/C=C(\C)C(=O)N[C@H](CCC(=O)O)C(=O)NCCN1C(=O)CC(S)C1=O)C(C)C)C(C)(C)C)C(C)(C)c1ccccc1. The summed E-state index contributed by atoms with van der Waals surface area (Å²) in [5, 5.41) is 19.8. The van der Waals surface area contributed by atoms with E-state index in [1.54, 1.807) is 20.2 Å². The van der Waals surface area contributed by atoms with Crippen molar-refractivity contribution in [2.45, 2.75) is 109 Å². The van der Waals surface area contributed by atoms with Gasteiger partial charge in [0, 0.05) is 44.0 Å². The van der Waals surface area contributed by atoms with E-state index in [0.717, 1.165) is 10.5 Å². The lowest BCUT2D eigenvalue weighted by Crippen LogP contribution is -2.61. The van der Waals surface area contributed by atoms with Crippen LogP contribution in [0.4, 0.5) is 0 Å². The van der Waals surface area contributed by atoms with E-state index in [9.17, 15) is 38.7 Å². The molecule has 1 aromatic carbocycles. The van der Waals surface area contributed by atoms with E-state index in [2.05, 4.69) is 33.9 Å². The summed E-state index contributed by atoms with van der Waals surface area (Å²) in [4.78, 5) is 92.7. The van der Waals surface area contributed by atoms with Crippen LogP contribution >= 0.6 is 12.6 Å². The number of amides is 6. The molecule has 1 aliphatic heterocycles. The van der Waals surface area contributed by atoms with Crippen LogP contribution in [0, 0.1) is 11.3 Å². The second-order valence-electron chi connectivity index (χ2n) is 15.5. The number of rotatable bonds is 18. The highest BCUT2D eigenvalue weighted by Crippen LogP contribution is 2.29. The smallest absolute Gasteiger partial charge is 0.303 e. The lowest BCUT2D eigenvalue weighted by molar-refractivity contribution is -0.141. The summed E-state index contributed by atoms with van der Waals surface area (Å²) in [6.45, 7) is 14.6. The fraction of sp³-hybridized carbons (Fsp3) is 0.605. The predicted octanol–water partition coefficient (Wildman–Crippen LogP) is 2.04. The molecule has 0 saturated carbocycles. The third kappa shape index (κ3) is 12.1. The number of carboxylic acid groups (broad SMARTS) is 1. The summed E-state index contributed by atoms with van der Waals surface area (Å²) in [5.41, 5.74) is -0.177. The minimum Gasteiger partial charge on any atom is -0.481 e. The number of hydrogen-bond donors (Lipinski definition) is 6. The van der Waals surface area contributed by atoms with Crippen LogP contribution in [0.5, 0.6) is 0 Å². The van der Waals surface area contributed by atoms with Gasteiger partial charge in [0.1, 0.15) is 12.1 Å². The Kier molecular flexibility index (Phi) is 16.3. The number of imide groups is 1. The molecule has 0 radical (unpaired) electrons. The Bertz CT molecular complexity index is 1540. The van der Waals surface area contributed by atoms with Crippen LogP contribution in [0.1, 0.15) is 80.2 Å². The van der Waals surface area contributed by atoms with E-state index < -0.39 is 76.3 Å². The number of likely N-dealkylation sites (tertiary alicyclic amines) is 1. The lowest BCUT2D eigenvalue weighted by Gasteiger charge is -2.40. The number of carbonyl (C=O) groups is 7. The fourth-order valence-corrected chi connectivity index (χ4v) is 6.58. The lowest BCUT2D eigenvalue weighted by atomic mass is 9.76. The molecule has 0 aliphatic carbocycles. The molecule has 294 valence electrons. The van der Waals surface area contributed by atoms with Crippen molar-refractivity contribution >= 4 is 54.0 Å². The van der Waals surface area contributed by atoms with Crippen LogP contribution in [0.25, 0.3) is 0 Å². The van der Waals surface area contributed by atoms with Crippen molar-refractivity contribution in [3.8, 4) is 0 Å². The molecule has 15 heteroatoms. The second kappa shape index (κ2) is 19.2. The molecule has 6 amide bonds. The van der Waals surface area contributed by atoms with Crippen molar-refractivity contribution in [3.63, 3.8) is 0 Å². The molecule has 5 N–H and O–H groups in total. The van der Waals surface area contributed by atoms with E-state index in [1.807, 2.05) is 78.8 Å². The van der Waals surface area contributed by atoms with Gasteiger partial charge in [-0.15, -0.1) is 0 Å². The Morgan fingerprint density at radius 1 is 1.00 bits per heavy atom. The Labute approximate surface area is 318 Å². The standard InChI is InChI=1S/C38H58N6O8S/c1-22(2)26(43(10)36(52)31(37(4,5)6)42-34(50)30(39-9)38(7,8)24-14-12-11-13-15-24)20-23(3)32(48)41-25(16-17-29(46)47)33(49)40-18-19-44-28(45)21-27(53)35(44)51/h11-15,20,22,25-27,30-31,39,53H,16-19,21H2,1-10H3,(H,40,49)(H,41,48)(H,42,50)(H,46,47)/b23-20+/t25-,26-,27?,30-,31-/m1/s1. The first-order chi connectivity index (χ1) is 24.5. The van der Waals surface area contributed by atoms with Crippen LogP contribution in [0.15, 0.2) is 42.0 Å². The number of nitrogens with one attached hydrogen (secondary N) is 4. The normalized spacial score (nSPS) is 17.5. The number of thiol groups is 1. The molecule has 1 saturated heterocycles. The van der Waals surface area contributed by atoms with Gasteiger partial charge in [0.15, 0.2) is 0 Å². The molecule has 0 bridgehead atoms. The monoisotopic (exact) mass is 758 g/mol. The third-order valence-corrected chi connectivity index (χ3v) is 9.97. The van der Waals surface area contributed by atoms with Crippen LogP contribution in [0.3, 0.4) is 0 Å². The van der Waals surface area contributed by atoms with Crippen LogP contribution < -0.4 is 21.3 Å². The van der Waals surface area contributed by atoms with Gasteiger partial charge in [-0.2, -0.15) is 12.6 Å². The number of hydrogen-bond acceptors (Lipinski definition) is 9. The summed E-state index contributed by atoms with van der Waals surface area (Å²) < 4.78 is 0.